The first-order valence-corrected chi connectivity index (χ1v) is 6.14. The van der Waals surface area contributed by atoms with Crippen LogP contribution in [0.5, 0.6) is 0 Å². The van der Waals surface area contributed by atoms with Crippen molar-refractivity contribution in [3.8, 4) is 6.19 Å². The van der Waals surface area contributed by atoms with Gasteiger partial charge in [-0.2, -0.15) is 5.26 Å². The predicted molar refractivity (Wildman–Crippen MR) is 66.3 cm³/mol. The van der Waals surface area contributed by atoms with E-state index in [1.165, 1.54) is 11.8 Å². The molecule has 1 atom stereocenters. The van der Waals surface area contributed by atoms with E-state index in [2.05, 4.69) is 10.3 Å². The van der Waals surface area contributed by atoms with Gasteiger partial charge in [-0.15, -0.1) is 0 Å². The van der Waals surface area contributed by atoms with Crippen molar-refractivity contribution in [2.75, 3.05) is 6.26 Å². The van der Waals surface area contributed by atoms with Crippen molar-refractivity contribution in [1.82, 2.24) is 5.32 Å². The van der Waals surface area contributed by atoms with E-state index in [1.807, 2.05) is 39.3 Å². The fourth-order valence-corrected chi connectivity index (χ4v) is 1.91. The van der Waals surface area contributed by atoms with Gasteiger partial charge in [0.1, 0.15) is 11.5 Å². The maximum absolute atomic E-state index is 8.54. The molecule has 1 heterocycles. The van der Waals surface area contributed by atoms with Crippen LogP contribution in [-0.2, 0) is 0 Å². The lowest BCUT2D eigenvalue weighted by molar-refractivity contribution is 0.499. The van der Waals surface area contributed by atoms with Crippen LogP contribution in [-0.4, -0.2) is 11.4 Å². The Kier molecular flexibility index (Phi) is 4.44. The molecule has 0 radical (unpaired) electrons. The minimum atomic E-state index is -0.0132. The standard InChI is InChI=1S/C11H15N3OS/c1-7-5-10(9(3)15-7)8(2)14-11(16-4)13-6-12/h5,8H,1-4H3,(H,13,14). The monoisotopic (exact) mass is 237 g/mol. The highest BCUT2D eigenvalue weighted by Crippen LogP contribution is 2.24. The number of aliphatic imine (C=N–C) groups is 1. The lowest BCUT2D eigenvalue weighted by atomic mass is 10.1. The minimum Gasteiger partial charge on any atom is -0.466 e. The number of amidine groups is 1. The van der Waals surface area contributed by atoms with Crippen LogP contribution in [0.4, 0.5) is 0 Å². The zero-order valence-electron chi connectivity index (χ0n) is 9.87. The topological polar surface area (TPSA) is 61.3 Å². The summed E-state index contributed by atoms with van der Waals surface area (Å²) in [5.41, 5.74) is 1.06. The summed E-state index contributed by atoms with van der Waals surface area (Å²) in [5.74, 6) is 1.76. The van der Waals surface area contributed by atoms with E-state index in [0.29, 0.717) is 5.17 Å². The van der Waals surface area contributed by atoms with Crippen molar-refractivity contribution >= 4 is 16.9 Å². The van der Waals surface area contributed by atoms with Crippen molar-refractivity contribution < 1.29 is 4.42 Å². The molecular weight excluding hydrogens is 222 g/mol. The highest BCUT2D eigenvalue weighted by atomic mass is 32.2. The van der Waals surface area contributed by atoms with Crippen LogP contribution in [0, 0.1) is 25.3 Å². The van der Waals surface area contributed by atoms with Crippen LogP contribution in [0.1, 0.15) is 30.0 Å². The van der Waals surface area contributed by atoms with Crippen LogP contribution in [0.3, 0.4) is 0 Å². The molecule has 0 aromatic carbocycles. The quantitative estimate of drug-likeness (QED) is 0.372. The largest absolute Gasteiger partial charge is 0.466 e. The number of nitriles is 1. The summed E-state index contributed by atoms with van der Waals surface area (Å²) in [6.45, 7) is 5.81. The van der Waals surface area contributed by atoms with E-state index in [9.17, 15) is 0 Å². The first kappa shape index (κ1) is 12.7. The van der Waals surface area contributed by atoms with E-state index >= 15 is 0 Å². The van der Waals surface area contributed by atoms with E-state index in [4.69, 9.17) is 9.68 Å². The van der Waals surface area contributed by atoms with Crippen LogP contribution >= 0.6 is 11.8 Å². The summed E-state index contributed by atoms with van der Waals surface area (Å²) < 4.78 is 5.45. The van der Waals surface area contributed by atoms with Crippen molar-refractivity contribution in [2.24, 2.45) is 4.99 Å². The number of aryl methyl sites for hydroxylation is 2. The van der Waals surface area contributed by atoms with E-state index in [-0.39, 0.29) is 6.04 Å². The zero-order valence-corrected chi connectivity index (χ0v) is 10.7. The molecule has 4 nitrogen and oxygen atoms in total. The first-order chi connectivity index (χ1) is 7.58. The average Bonchev–Trinajstić information content (AvgIpc) is 2.57. The summed E-state index contributed by atoms with van der Waals surface area (Å²) in [6, 6.07) is 1.97. The average molecular weight is 237 g/mol. The van der Waals surface area contributed by atoms with Gasteiger partial charge >= 0.3 is 0 Å². The van der Waals surface area contributed by atoms with E-state index in [1.54, 1.807) is 0 Å². The number of hydrogen-bond donors (Lipinski definition) is 1. The molecule has 1 aromatic rings. The zero-order chi connectivity index (χ0) is 12.1. The molecular formula is C11H15N3OS. The Morgan fingerprint density at radius 3 is 2.75 bits per heavy atom. The molecule has 1 N–H and O–H groups in total. The third-order valence-electron chi connectivity index (χ3n) is 2.20. The molecule has 0 amide bonds. The Balaban J connectivity index is 2.90. The summed E-state index contributed by atoms with van der Waals surface area (Å²) in [4.78, 5) is 4.42. The van der Waals surface area contributed by atoms with Crippen LogP contribution < -0.4 is 5.32 Å². The SMILES string of the molecule is CSC(=NC(C)c1cc(C)oc1C)NC#N. The highest BCUT2D eigenvalue weighted by molar-refractivity contribution is 8.13. The number of furan rings is 1. The number of rotatable bonds is 2. The van der Waals surface area contributed by atoms with Gasteiger partial charge in [-0.05, 0) is 33.1 Å². The second-order valence-electron chi connectivity index (χ2n) is 3.42. The summed E-state index contributed by atoms with van der Waals surface area (Å²) in [5, 5.41) is 11.7. The maximum atomic E-state index is 8.54. The number of nitrogens with zero attached hydrogens (tertiary/aromatic N) is 2. The lowest BCUT2D eigenvalue weighted by Crippen LogP contribution is -2.14. The molecule has 86 valence electrons. The van der Waals surface area contributed by atoms with Crippen molar-refractivity contribution in [2.45, 2.75) is 26.8 Å². The predicted octanol–water partition coefficient (Wildman–Crippen LogP) is 2.75. The number of hydrogen-bond acceptors (Lipinski definition) is 4. The van der Waals surface area contributed by atoms with E-state index in [0.717, 1.165) is 17.1 Å². The third-order valence-corrected chi connectivity index (χ3v) is 2.79. The third kappa shape index (κ3) is 3.04. The normalized spacial score (nSPS) is 13.3. The molecule has 0 aliphatic carbocycles. The van der Waals surface area contributed by atoms with Gasteiger partial charge in [-0.3, -0.25) is 10.3 Å². The van der Waals surface area contributed by atoms with Gasteiger partial charge in [0, 0.05) is 5.56 Å². The van der Waals surface area contributed by atoms with Crippen LogP contribution in [0.2, 0.25) is 0 Å². The molecule has 0 saturated heterocycles. The summed E-state index contributed by atoms with van der Waals surface area (Å²) >= 11 is 1.42. The van der Waals surface area contributed by atoms with Gasteiger partial charge in [0.2, 0.25) is 0 Å². The summed E-state index contributed by atoms with van der Waals surface area (Å²) in [7, 11) is 0. The van der Waals surface area contributed by atoms with Gasteiger partial charge < -0.3 is 4.42 Å². The fourth-order valence-electron chi connectivity index (χ4n) is 1.49. The Bertz CT molecular complexity index is 431. The van der Waals surface area contributed by atoms with E-state index < -0.39 is 0 Å². The fraction of sp³-hybridized carbons (Fsp3) is 0.455. The van der Waals surface area contributed by atoms with Gasteiger partial charge in [-0.25, -0.2) is 0 Å². The molecule has 1 aromatic heterocycles. The molecule has 1 unspecified atom stereocenters. The van der Waals surface area contributed by atoms with Crippen molar-refractivity contribution in [3.63, 3.8) is 0 Å². The number of nitrogens with one attached hydrogen (secondary N) is 1. The first-order valence-electron chi connectivity index (χ1n) is 4.92. The molecule has 5 heteroatoms. The lowest BCUT2D eigenvalue weighted by Gasteiger charge is -2.07. The molecule has 0 bridgehead atoms. The van der Waals surface area contributed by atoms with Crippen LogP contribution in [0.25, 0.3) is 0 Å². The second kappa shape index (κ2) is 5.61. The van der Waals surface area contributed by atoms with Gasteiger partial charge in [-0.1, -0.05) is 11.8 Å². The van der Waals surface area contributed by atoms with Crippen molar-refractivity contribution in [1.29, 1.82) is 5.26 Å². The molecule has 16 heavy (non-hydrogen) atoms. The molecule has 1 rings (SSSR count). The molecule has 0 aliphatic rings. The molecule has 0 aliphatic heterocycles. The summed E-state index contributed by atoms with van der Waals surface area (Å²) in [6.07, 6.45) is 3.75. The molecule has 0 spiro atoms. The van der Waals surface area contributed by atoms with Gasteiger partial charge in [0.15, 0.2) is 11.4 Å². The smallest absolute Gasteiger partial charge is 0.183 e. The Morgan fingerprint density at radius 1 is 1.62 bits per heavy atom. The van der Waals surface area contributed by atoms with Crippen molar-refractivity contribution in [3.05, 3.63) is 23.2 Å². The second-order valence-corrected chi connectivity index (χ2v) is 4.21. The minimum absolute atomic E-state index is 0.0132. The maximum Gasteiger partial charge on any atom is 0.183 e. The Hall–Kier alpha value is -1.41. The molecule has 0 saturated carbocycles. The Labute approximate surface area is 99.7 Å². The Morgan fingerprint density at radius 2 is 2.31 bits per heavy atom. The van der Waals surface area contributed by atoms with Gasteiger partial charge in [0.25, 0.3) is 0 Å². The molecule has 0 fully saturated rings. The highest BCUT2D eigenvalue weighted by Gasteiger charge is 2.12. The van der Waals surface area contributed by atoms with Gasteiger partial charge in [0.05, 0.1) is 6.04 Å². The number of thioether (sulfide) groups is 1. The van der Waals surface area contributed by atoms with Crippen LogP contribution in [0.15, 0.2) is 15.5 Å².